The first-order valence-corrected chi connectivity index (χ1v) is 37.0. The van der Waals surface area contributed by atoms with Crippen LogP contribution in [-0.4, -0.2) is 211 Å². The quantitative estimate of drug-likeness (QED) is 0.0576. The first-order chi connectivity index (χ1) is 51.4. The molecule has 7 aliphatic rings. The molecule has 5 aromatic rings. The van der Waals surface area contributed by atoms with E-state index in [1.807, 2.05) is 13.8 Å². The minimum atomic E-state index is -5.05. The number of carboxylic acid groups (broad SMARTS) is 1. The summed E-state index contributed by atoms with van der Waals surface area (Å²) in [6, 6.07) is -0.679. The van der Waals surface area contributed by atoms with Gasteiger partial charge in [0.2, 0.25) is 53.4 Å². The van der Waals surface area contributed by atoms with E-state index in [0.29, 0.717) is 0 Å². The lowest BCUT2D eigenvalue weighted by atomic mass is 9.86. The summed E-state index contributed by atoms with van der Waals surface area (Å²) in [6.45, 7) is 5.66. The third-order valence-corrected chi connectivity index (χ3v) is 20.3. The normalized spacial score (nSPS) is 28.2. The molecule has 7 amide bonds. The van der Waals surface area contributed by atoms with Gasteiger partial charge in [0.05, 0.1) is 41.3 Å². The van der Waals surface area contributed by atoms with Gasteiger partial charge in [0.15, 0.2) is 29.9 Å². The van der Waals surface area contributed by atoms with Crippen LogP contribution in [0.2, 0.25) is 10.0 Å². The highest BCUT2D eigenvalue weighted by molar-refractivity contribution is 7.60. The smallest absolute Gasteiger partial charge is 0.478 e. The standard InChI is InChI=1S/C66H75Cl2N9O24.H4O7P2/c1-23(2)12-34(71-5)58(88)76-49-51(83)26-7-10-38(32(67)14-26)97-40-16-28-17-41(55(40)101-65-56(54(86)53(85)42(22-78)99-65)100-44-21-66(4,70)57(87)24(3)96-44)98-39-11-8-27(15-33(39)68)52(84)50-63(93)75-48(64(94)95)31-18-29(79)19-37(81)45(31)30-13-25(6-9-36(30)80)46(60(90)77-50)74-61(91)47(28)73-59(89)35(20-43(69)82)72-62(49)92;1-8(2,3)7-9(4,5)6/h6-11,13-19,23-24,34-35,42,44,46-54,56-57,65,71,78-81,83-87H,12,20-22,70H2,1-5H3,(H2,69,82)(H,72,92)(H,73,89)(H,74,91)(H,75,93)(H,76,88)(H,77,90)(H,94,95);(H2,1,2,3)(H2,4,5,6)/t24-,34+,35-,42+,44-,46+,47+,48+,49+,50-,51+,52+,53+,54-,56+,57?,65-,66-;/m0./s1. The molecule has 44 heteroatoms. The molecule has 0 spiro atoms. The van der Waals surface area contributed by atoms with Crippen LogP contribution in [0, 0.1) is 5.92 Å². The number of fused-ring (bicyclic) bond motifs is 15. The Kier molecular flexibility index (Phi) is 26.6. The molecule has 1 unspecified atom stereocenters. The number of carboxylic acids is 1. The summed E-state index contributed by atoms with van der Waals surface area (Å²) in [7, 11) is -8.63. The first kappa shape index (κ1) is 85.1. The van der Waals surface area contributed by atoms with E-state index >= 15 is 14.4 Å². The Labute approximate surface area is 632 Å². The number of primary amides is 1. The second-order valence-corrected chi connectivity index (χ2v) is 30.2. The van der Waals surface area contributed by atoms with Crippen LogP contribution in [0.5, 0.6) is 46.0 Å². The van der Waals surface area contributed by atoms with E-state index in [1.54, 1.807) is 0 Å². The SMILES string of the molecule is CN[C@H](CC(C)C)C(=O)N[C@H]1C(=O)N[C@@H](CC(N)=O)C(=O)N[C@H]2C(=O)N[C@H]3C(=O)N[C@H](C(=O)N[C@@H](C(=O)O)c4cc(O)cc(O)c4-c4cc3ccc4O)[C@H](O)c3ccc(c(Cl)c3)Oc3cc2cc(c3O[C@@H]2O[C@H](CO)[C@@H](O)[C@H](O)[C@H]2O[C@H]2C[C@](C)(N)C(O)[C@H](C)O2)Oc2ccc(cc2Cl)[C@H]1O.O=P(O)(O)OP(=O)(O)O. The molecule has 0 aliphatic carbocycles. The van der Waals surface area contributed by atoms with E-state index in [9.17, 15) is 84.2 Å². The number of ether oxygens (including phenoxy) is 6. The number of hydrogen-bond donors (Lipinski definition) is 23. The number of phenols is 3. The maximum atomic E-state index is 16.0. The van der Waals surface area contributed by atoms with E-state index in [4.69, 9.17) is 82.7 Å². The number of phenolic OH excluding ortho intramolecular Hbond substituents is 3. The Morgan fingerprint density at radius 2 is 1.27 bits per heavy atom. The van der Waals surface area contributed by atoms with Gasteiger partial charge in [-0.1, -0.05) is 55.2 Å². The van der Waals surface area contributed by atoms with E-state index in [1.165, 1.54) is 33.0 Å². The summed E-state index contributed by atoms with van der Waals surface area (Å²) in [5.41, 5.74) is 8.00. The summed E-state index contributed by atoms with van der Waals surface area (Å²) < 4.78 is 60.5. The number of benzene rings is 5. The summed E-state index contributed by atoms with van der Waals surface area (Å²) in [5.74, 6) is -16.0. The lowest BCUT2D eigenvalue weighted by molar-refractivity contribution is -0.333. The fraction of sp³-hybridized carbons (Fsp3) is 0.424. The number of nitrogens with two attached hydrogens (primary N) is 2. The van der Waals surface area contributed by atoms with Gasteiger partial charge in [0.1, 0.15) is 89.5 Å². The van der Waals surface area contributed by atoms with Gasteiger partial charge >= 0.3 is 21.6 Å². The van der Waals surface area contributed by atoms with Crippen LogP contribution in [-0.2, 0) is 66.0 Å². The second-order valence-electron chi connectivity index (χ2n) is 26.8. The molecule has 18 atom stereocenters. The maximum Gasteiger partial charge on any atom is 0.478 e. The minimum absolute atomic E-state index is 0.0975. The Morgan fingerprint density at radius 1 is 0.700 bits per heavy atom. The number of amides is 7. The molecule has 7 heterocycles. The summed E-state index contributed by atoms with van der Waals surface area (Å²) in [5, 5.41) is 131. The first-order valence-electron chi connectivity index (χ1n) is 33.2. The van der Waals surface area contributed by atoms with Gasteiger partial charge in [-0.2, -0.15) is 4.31 Å². The number of aliphatic carboxylic acids is 1. The van der Waals surface area contributed by atoms with Crippen LogP contribution in [0.25, 0.3) is 11.1 Å². The van der Waals surface area contributed by atoms with Crippen LogP contribution < -0.4 is 62.9 Å². The summed E-state index contributed by atoms with van der Waals surface area (Å²) in [6.07, 6.45) is -18.6. The number of aliphatic hydroxyl groups is 6. The van der Waals surface area contributed by atoms with Crippen molar-refractivity contribution in [2.24, 2.45) is 17.4 Å². The van der Waals surface area contributed by atoms with Gasteiger partial charge in [-0.25, -0.2) is 13.9 Å². The van der Waals surface area contributed by atoms with Crippen molar-refractivity contribution in [3.63, 3.8) is 0 Å². The summed E-state index contributed by atoms with van der Waals surface area (Å²) >= 11 is 14.1. The molecule has 110 heavy (non-hydrogen) atoms. The molecule has 0 aromatic heterocycles. The van der Waals surface area contributed by atoms with E-state index in [0.717, 1.165) is 66.7 Å². The van der Waals surface area contributed by atoms with Gasteiger partial charge in [0.25, 0.3) is 0 Å². The highest BCUT2D eigenvalue weighted by atomic mass is 35.5. The number of phosphoric acid groups is 2. The summed E-state index contributed by atoms with van der Waals surface area (Å²) in [4.78, 5) is 148. The van der Waals surface area contributed by atoms with Gasteiger partial charge in [-0.15, -0.1) is 0 Å². The average Bonchev–Trinajstić information content (AvgIpc) is 0.768. The van der Waals surface area contributed by atoms with Gasteiger partial charge < -0.3 is 148 Å². The molecule has 25 N–H and O–H groups in total. The number of aliphatic hydroxyl groups excluding tert-OH is 6. The monoisotopic (exact) mass is 1630 g/mol. The van der Waals surface area contributed by atoms with Crippen molar-refractivity contribution in [3.8, 4) is 57.1 Å². The zero-order valence-electron chi connectivity index (χ0n) is 58.2. The van der Waals surface area contributed by atoms with Crippen LogP contribution in [0.3, 0.4) is 0 Å². The Morgan fingerprint density at radius 3 is 1.81 bits per heavy atom. The van der Waals surface area contributed by atoms with Crippen molar-refractivity contribution in [2.45, 2.75) is 156 Å². The fourth-order valence-corrected chi connectivity index (χ4v) is 14.2. The van der Waals surface area contributed by atoms with E-state index in [-0.39, 0.29) is 46.2 Å². The van der Waals surface area contributed by atoms with Crippen LogP contribution in [0.15, 0.2) is 78.9 Å². The molecule has 2 fully saturated rings. The van der Waals surface area contributed by atoms with Gasteiger partial charge in [0, 0.05) is 34.7 Å². The van der Waals surface area contributed by atoms with Crippen molar-refractivity contribution < 1.29 is 151 Å². The number of hydrogen-bond acceptors (Lipinski definition) is 28. The third-order valence-electron chi connectivity index (χ3n) is 18.0. The molecular weight excluding hydrogens is 1550 g/mol. The third kappa shape index (κ3) is 19.8. The number of halogens is 2. The molecule has 40 nitrogen and oxygen atoms in total. The minimum Gasteiger partial charge on any atom is -0.508 e. The number of carbonyl (C=O) groups excluding carboxylic acids is 7. The molecule has 2 saturated heterocycles. The molecule has 5 aromatic carbocycles. The highest BCUT2D eigenvalue weighted by Gasteiger charge is 2.52. The number of nitrogens with one attached hydrogen (secondary N) is 7. The number of rotatable bonds is 15. The number of likely N-dealkylation sites (N-methyl/N-ethyl adjacent to an activating group) is 1. The van der Waals surface area contributed by atoms with Gasteiger partial charge in [-0.05, 0) is 110 Å². The molecule has 11 bridgehead atoms. The van der Waals surface area contributed by atoms with Crippen LogP contribution >= 0.6 is 38.8 Å². The number of aromatic hydroxyl groups is 3. The topological polar surface area (TPSA) is 655 Å². The van der Waals surface area contributed by atoms with Crippen molar-refractivity contribution >= 4 is 86.2 Å². The molecule has 0 radical (unpaired) electrons. The van der Waals surface area contributed by atoms with Crippen molar-refractivity contribution in [1.29, 1.82) is 0 Å². The molecule has 0 saturated carbocycles. The van der Waals surface area contributed by atoms with Crippen LogP contribution in [0.1, 0.15) is 105 Å². The molecule has 12 rings (SSSR count). The van der Waals surface area contributed by atoms with Crippen molar-refractivity contribution in [2.75, 3.05) is 13.7 Å². The fourth-order valence-electron chi connectivity index (χ4n) is 12.6. The van der Waals surface area contributed by atoms with E-state index in [2.05, 4.69) is 41.5 Å². The van der Waals surface area contributed by atoms with Gasteiger partial charge in [-0.3, -0.25) is 33.6 Å². The van der Waals surface area contributed by atoms with E-state index < -0.39 is 253 Å². The lowest BCUT2D eigenvalue weighted by Gasteiger charge is -2.47. The van der Waals surface area contributed by atoms with Crippen LogP contribution in [0.4, 0.5) is 0 Å². The maximum absolute atomic E-state index is 16.0. The highest BCUT2D eigenvalue weighted by Crippen LogP contribution is 2.54. The van der Waals surface area contributed by atoms with Crippen molar-refractivity contribution in [1.82, 2.24) is 37.2 Å². The lowest BCUT2D eigenvalue weighted by Crippen LogP contribution is -2.64. The predicted molar refractivity (Wildman–Crippen MR) is 374 cm³/mol. The predicted octanol–water partition coefficient (Wildman–Crippen LogP) is -0.705. The molecular formula is C66H79Cl2N9O31P2. The Hall–Kier alpha value is -8.94. The largest absolute Gasteiger partial charge is 0.508 e. The second kappa shape index (κ2) is 34.4. The van der Waals surface area contributed by atoms with Crippen molar-refractivity contribution in [3.05, 3.63) is 117 Å². The Balaban J connectivity index is 0.00000145. The number of carbonyl (C=O) groups is 8. The average molecular weight is 1630 g/mol. The zero-order valence-corrected chi connectivity index (χ0v) is 61.5. The molecule has 598 valence electrons. The Bertz CT molecular complexity index is 4460. The zero-order chi connectivity index (χ0) is 81.2. The molecule has 7 aliphatic heterocycles.